The lowest BCUT2D eigenvalue weighted by Crippen LogP contribution is -2.34. The van der Waals surface area contributed by atoms with Crippen LogP contribution in [0, 0.1) is 11.3 Å². The summed E-state index contributed by atoms with van der Waals surface area (Å²) in [4.78, 5) is 14.5. The summed E-state index contributed by atoms with van der Waals surface area (Å²) in [5, 5.41) is 0. The number of nitrogens with zero attached hydrogens (tertiary/aromatic N) is 1. The molecule has 6 nitrogen and oxygen atoms in total. The van der Waals surface area contributed by atoms with E-state index in [4.69, 9.17) is 5.73 Å². The van der Waals surface area contributed by atoms with Crippen molar-refractivity contribution in [3.8, 4) is 0 Å². The van der Waals surface area contributed by atoms with Gasteiger partial charge in [-0.1, -0.05) is 20.8 Å². The lowest BCUT2D eigenvalue weighted by atomic mass is 9.90. The molecule has 0 bridgehead atoms. The van der Waals surface area contributed by atoms with Crippen LogP contribution >= 0.6 is 12.4 Å². The molecule has 0 aromatic heterocycles. The molecule has 8 heteroatoms. The fourth-order valence-corrected chi connectivity index (χ4v) is 3.90. The fourth-order valence-electron chi connectivity index (χ4n) is 2.68. The van der Waals surface area contributed by atoms with E-state index in [1.807, 2.05) is 13.8 Å². The summed E-state index contributed by atoms with van der Waals surface area (Å²) in [6.45, 7) is 8.21. The maximum Gasteiger partial charge on any atom is 0.253 e. The predicted molar refractivity (Wildman–Crippen MR) is 101 cm³/mol. The third-order valence-electron chi connectivity index (χ3n) is 4.43. The van der Waals surface area contributed by atoms with Gasteiger partial charge in [0.15, 0.2) is 0 Å². The molecule has 3 N–H and O–H groups in total. The maximum atomic E-state index is 12.5. The Morgan fingerprint density at radius 3 is 2.40 bits per heavy atom. The summed E-state index contributed by atoms with van der Waals surface area (Å²) in [6, 6.07) is 6.11. The first kappa shape index (κ1) is 21.9. The first-order chi connectivity index (χ1) is 11.2. The van der Waals surface area contributed by atoms with E-state index in [0.29, 0.717) is 31.7 Å². The van der Waals surface area contributed by atoms with Crippen LogP contribution in [0.2, 0.25) is 0 Å². The highest BCUT2D eigenvalue weighted by atomic mass is 35.5. The van der Waals surface area contributed by atoms with Crippen LogP contribution in [0.25, 0.3) is 0 Å². The standard InChI is InChI=1S/C17H27N3O3S.ClH/c1-13(2)10-19-24(22,23)15-6-4-14(5-7-15)16(21)20-9-8-17(3,11-18)12-20;/h4-7,13,19H,8-12,18H2,1-3H3;1H. The minimum atomic E-state index is -3.53. The minimum absolute atomic E-state index is 0. The Bertz CT molecular complexity index is 692. The van der Waals surface area contributed by atoms with Crippen LogP contribution in [0.1, 0.15) is 37.6 Å². The molecular formula is C17H28ClN3O3S. The highest BCUT2D eigenvalue weighted by Gasteiger charge is 2.35. The molecule has 25 heavy (non-hydrogen) atoms. The molecule has 1 fully saturated rings. The molecule has 1 heterocycles. The van der Waals surface area contributed by atoms with Crippen molar-refractivity contribution in [2.24, 2.45) is 17.1 Å². The summed E-state index contributed by atoms with van der Waals surface area (Å²) >= 11 is 0. The number of likely N-dealkylation sites (tertiary alicyclic amines) is 1. The molecular weight excluding hydrogens is 362 g/mol. The Balaban J connectivity index is 0.00000312. The number of amides is 1. The zero-order chi connectivity index (χ0) is 18.0. The van der Waals surface area contributed by atoms with Crippen molar-refractivity contribution in [1.29, 1.82) is 0 Å². The quantitative estimate of drug-likeness (QED) is 0.776. The summed E-state index contributed by atoms with van der Waals surface area (Å²) in [7, 11) is -3.53. The van der Waals surface area contributed by atoms with Crippen LogP contribution < -0.4 is 10.5 Å². The van der Waals surface area contributed by atoms with Crippen LogP contribution in [0.4, 0.5) is 0 Å². The first-order valence-corrected chi connectivity index (χ1v) is 9.74. The van der Waals surface area contributed by atoms with Crippen molar-refractivity contribution in [1.82, 2.24) is 9.62 Å². The smallest absolute Gasteiger partial charge is 0.253 e. The van der Waals surface area contributed by atoms with Gasteiger partial charge in [0.25, 0.3) is 5.91 Å². The monoisotopic (exact) mass is 389 g/mol. The Morgan fingerprint density at radius 2 is 1.92 bits per heavy atom. The van der Waals surface area contributed by atoms with Crippen molar-refractivity contribution in [2.75, 3.05) is 26.2 Å². The van der Waals surface area contributed by atoms with Gasteiger partial charge in [-0.3, -0.25) is 4.79 Å². The molecule has 0 saturated carbocycles. The van der Waals surface area contributed by atoms with E-state index in [-0.39, 0.29) is 34.5 Å². The molecule has 1 aliphatic heterocycles. The minimum Gasteiger partial charge on any atom is -0.338 e. The van der Waals surface area contributed by atoms with Crippen molar-refractivity contribution >= 4 is 28.3 Å². The Hall–Kier alpha value is -1.15. The second kappa shape index (κ2) is 8.49. The zero-order valence-corrected chi connectivity index (χ0v) is 16.6. The molecule has 1 aliphatic rings. The van der Waals surface area contributed by atoms with Crippen molar-refractivity contribution in [2.45, 2.75) is 32.1 Å². The number of hydrogen-bond acceptors (Lipinski definition) is 4. The zero-order valence-electron chi connectivity index (χ0n) is 15.0. The number of nitrogens with two attached hydrogens (primary N) is 1. The van der Waals surface area contributed by atoms with E-state index in [1.165, 1.54) is 12.1 Å². The van der Waals surface area contributed by atoms with Crippen molar-refractivity contribution < 1.29 is 13.2 Å². The van der Waals surface area contributed by atoms with E-state index in [2.05, 4.69) is 11.6 Å². The molecule has 0 radical (unpaired) electrons. The normalized spacial score (nSPS) is 20.6. The Kier molecular flexibility index (Phi) is 7.43. The van der Waals surface area contributed by atoms with Crippen LogP contribution in [0.5, 0.6) is 0 Å². The van der Waals surface area contributed by atoms with Crippen LogP contribution in [-0.2, 0) is 10.0 Å². The van der Waals surface area contributed by atoms with Gasteiger partial charge in [0.05, 0.1) is 4.90 Å². The first-order valence-electron chi connectivity index (χ1n) is 8.26. The van der Waals surface area contributed by atoms with Crippen molar-refractivity contribution in [3.63, 3.8) is 0 Å². The maximum absolute atomic E-state index is 12.5. The SMILES string of the molecule is CC(C)CNS(=O)(=O)c1ccc(C(=O)N2CCC(C)(CN)C2)cc1.Cl. The number of carbonyl (C=O) groups is 1. The van der Waals surface area contributed by atoms with E-state index >= 15 is 0 Å². The molecule has 1 unspecified atom stereocenters. The molecule has 0 spiro atoms. The summed E-state index contributed by atoms with van der Waals surface area (Å²) < 4.78 is 26.9. The number of benzene rings is 1. The second-order valence-electron chi connectivity index (χ2n) is 7.26. The Labute approximate surface area is 156 Å². The lowest BCUT2D eigenvalue weighted by molar-refractivity contribution is 0.0777. The molecule has 2 rings (SSSR count). The molecule has 1 atom stereocenters. The molecule has 1 aromatic carbocycles. The molecule has 1 amide bonds. The number of rotatable bonds is 6. The van der Waals surface area contributed by atoms with Crippen LogP contribution in [0.3, 0.4) is 0 Å². The van der Waals surface area contributed by atoms with Gasteiger partial charge in [0.1, 0.15) is 0 Å². The highest BCUT2D eigenvalue weighted by Crippen LogP contribution is 2.29. The topological polar surface area (TPSA) is 92.5 Å². The summed E-state index contributed by atoms with van der Waals surface area (Å²) in [5.74, 6) is 0.152. The summed E-state index contributed by atoms with van der Waals surface area (Å²) in [5.41, 5.74) is 6.25. The van der Waals surface area contributed by atoms with Gasteiger partial charge in [-0.2, -0.15) is 0 Å². The molecule has 0 aliphatic carbocycles. The Morgan fingerprint density at radius 1 is 1.32 bits per heavy atom. The average molecular weight is 390 g/mol. The third-order valence-corrected chi connectivity index (χ3v) is 5.87. The molecule has 1 saturated heterocycles. The average Bonchev–Trinajstić information content (AvgIpc) is 2.96. The number of carbonyl (C=O) groups excluding carboxylic acids is 1. The second-order valence-corrected chi connectivity index (χ2v) is 9.03. The third kappa shape index (κ3) is 5.41. The van der Waals surface area contributed by atoms with Gasteiger partial charge < -0.3 is 10.6 Å². The van der Waals surface area contributed by atoms with Crippen molar-refractivity contribution in [3.05, 3.63) is 29.8 Å². The number of sulfonamides is 1. The van der Waals surface area contributed by atoms with Gasteiger partial charge >= 0.3 is 0 Å². The lowest BCUT2D eigenvalue weighted by Gasteiger charge is -2.22. The molecule has 1 aromatic rings. The van der Waals surface area contributed by atoms with Crippen LogP contribution in [0.15, 0.2) is 29.2 Å². The highest BCUT2D eigenvalue weighted by molar-refractivity contribution is 7.89. The number of nitrogens with one attached hydrogen (secondary N) is 1. The van der Waals surface area contributed by atoms with Gasteiger partial charge in [-0.15, -0.1) is 12.4 Å². The van der Waals surface area contributed by atoms with Crippen LogP contribution in [-0.4, -0.2) is 45.4 Å². The largest absolute Gasteiger partial charge is 0.338 e. The van der Waals surface area contributed by atoms with E-state index in [0.717, 1.165) is 6.42 Å². The van der Waals surface area contributed by atoms with Gasteiger partial charge in [-0.25, -0.2) is 13.1 Å². The van der Waals surface area contributed by atoms with Gasteiger partial charge in [-0.05, 0) is 48.6 Å². The predicted octanol–water partition coefficient (Wildman–Crippen LogP) is 1.85. The van der Waals surface area contributed by atoms with Gasteiger partial charge in [0.2, 0.25) is 10.0 Å². The van der Waals surface area contributed by atoms with Gasteiger partial charge in [0, 0.05) is 25.2 Å². The van der Waals surface area contributed by atoms with E-state index < -0.39 is 10.0 Å². The fraction of sp³-hybridized carbons (Fsp3) is 0.588. The van der Waals surface area contributed by atoms with E-state index in [1.54, 1.807) is 17.0 Å². The molecule has 142 valence electrons. The number of hydrogen-bond donors (Lipinski definition) is 2. The van der Waals surface area contributed by atoms with E-state index in [9.17, 15) is 13.2 Å². The summed E-state index contributed by atoms with van der Waals surface area (Å²) in [6.07, 6.45) is 0.890. The number of halogens is 1.